The molecule has 8 heteroatoms. The Morgan fingerprint density at radius 3 is 2.00 bits per heavy atom. The molecule has 154 valence electrons. The molecule has 0 aliphatic rings. The van der Waals surface area contributed by atoms with Crippen LogP contribution in [0.25, 0.3) is 0 Å². The van der Waals surface area contributed by atoms with Gasteiger partial charge in [0.25, 0.3) is 5.91 Å². The van der Waals surface area contributed by atoms with Crippen LogP contribution in [0.15, 0.2) is 96.4 Å². The Morgan fingerprint density at radius 2 is 1.47 bits per heavy atom. The molecule has 0 fully saturated rings. The summed E-state index contributed by atoms with van der Waals surface area (Å²) in [7, 11) is -3.87. The number of hydrogen-bond acceptors (Lipinski definition) is 6. The van der Waals surface area contributed by atoms with Crippen molar-refractivity contribution >= 4 is 15.7 Å². The first-order valence-electron chi connectivity index (χ1n) is 9.19. The van der Waals surface area contributed by atoms with Gasteiger partial charge in [0.2, 0.25) is 14.9 Å². The van der Waals surface area contributed by atoms with E-state index in [4.69, 9.17) is 13.3 Å². The maximum absolute atomic E-state index is 13.1. The predicted molar refractivity (Wildman–Crippen MR) is 106 cm³/mol. The molecule has 7 nitrogen and oxygen atoms in total. The topological polar surface area (TPSA) is 93.9 Å². The van der Waals surface area contributed by atoms with Gasteiger partial charge in [-0.1, -0.05) is 17.7 Å². The third kappa shape index (κ3) is 4.08. The molecule has 1 aromatic carbocycles. The predicted octanol–water partition coefficient (Wildman–Crippen LogP) is 4.45. The average Bonchev–Trinajstić information content (AvgIpc) is 3.50. The fourth-order valence-electron chi connectivity index (χ4n) is 2.95. The number of hydrogen-bond donors (Lipinski definition) is 0. The monoisotopic (exact) mass is 425 g/mol. The maximum atomic E-state index is 13.1. The van der Waals surface area contributed by atoms with E-state index >= 15 is 0 Å². The van der Waals surface area contributed by atoms with Crippen molar-refractivity contribution in [3.8, 4) is 0 Å². The molecule has 0 saturated carbocycles. The Balaban J connectivity index is 1.61. The van der Waals surface area contributed by atoms with E-state index < -0.39 is 15.7 Å². The van der Waals surface area contributed by atoms with E-state index in [9.17, 15) is 13.2 Å². The average molecular weight is 425 g/mol. The molecule has 0 saturated heterocycles. The van der Waals surface area contributed by atoms with Crippen LogP contribution in [0.1, 0.15) is 27.6 Å². The molecule has 0 bridgehead atoms. The molecule has 4 rings (SSSR count). The van der Waals surface area contributed by atoms with Crippen LogP contribution in [0.3, 0.4) is 0 Å². The Hall–Kier alpha value is -3.52. The third-order valence-corrected chi connectivity index (χ3v) is 6.17. The van der Waals surface area contributed by atoms with Crippen molar-refractivity contribution in [3.63, 3.8) is 0 Å². The lowest BCUT2D eigenvalue weighted by molar-refractivity contribution is 0.0666. The number of aryl methyl sites for hydroxylation is 1. The minimum Gasteiger partial charge on any atom is -0.467 e. The Kier molecular flexibility index (Phi) is 5.33. The van der Waals surface area contributed by atoms with Crippen LogP contribution < -0.4 is 0 Å². The van der Waals surface area contributed by atoms with Gasteiger partial charge in [-0.15, -0.1) is 0 Å². The standard InChI is InChI=1S/C22H19NO6S/c1-16-6-8-19(9-7-16)30(25,26)21-11-10-20(29-21)22(24)23(14-17-4-2-12-27-17)15-18-5-3-13-28-18/h2-13H,14-15H2,1H3. The number of amides is 1. The maximum Gasteiger partial charge on any atom is 0.290 e. The van der Waals surface area contributed by atoms with Crippen LogP contribution in [0, 0.1) is 6.92 Å². The Morgan fingerprint density at radius 1 is 0.867 bits per heavy atom. The molecule has 3 aromatic heterocycles. The number of nitrogens with zero attached hydrogens (tertiary/aromatic N) is 1. The molecule has 0 unspecified atom stereocenters. The van der Waals surface area contributed by atoms with E-state index in [1.54, 1.807) is 36.4 Å². The normalized spacial score (nSPS) is 11.5. The molecule has 0 radical (unpaired) electrons. The molecule has 3 heterocycles. The van der Waals surface area contributed by atoms with Crippen molar-refractivity contribution < 1.29 is 26.5 Å². The van der Waals surface area contributed by atoms with Crippen LogP contribution >= 0.6 is 0 Å². The molecular formula is C22H19NO6S. The van der Waals surface area contributed by atoms with Gasteiger partial charge < -0.3 is 18.2 Å². The highest BCUT2D eigenvalue weighted by atomic mass is 32.2. The molecule has 30 heavy (non-hydrogen) atoms. The summed E-state index contributed by atoms with van der Waals surface area (Å²) in [5.41, 5.74) is 0.941. The number of carbonyl (C=O) groups is 1. The van der Waals surface area contributed by atoms with Crippen molar-refractivity contribution in [2.75, 3.05) is 0 Å². The molecular weight excluding hydrogens is 406 g/mol. The van der Waals surface area contributed by atoms with E-state index in [1.807, 2.05) is 6.92 Å². The quantitative estimate of drug-likeness (QED) is 0.434. The fraction of sp³-hybridized carbons (Fsp3) is 0.136. The highest BCUT2D eigenvalue weighted by Crippen LogP contribution is 2.25. The van der Waals surface area contributed by atoms with Crippen LogP contribution in [0.2, 0.25) is 0 Å². The minimum absolute atomic E-state index is 0.0844. The van der Waals surface area contributed by atoms with Crippen molar-refractivity contribution in [3.05, 3.63) is 96.0 Å². The summed E-state index contributed by atoms with van der Waals surface area (Å²) in [6.45, 7) is 2.22. The Labute approximate surface area is 173 Å². The lowest BCUT2D eigenvalue weighted by Gasteiger charge is -2.19. The zero-order chi connectivity index (χ0) is 21.1. The first kappa shape index (κ1) is 19.8. The second-order valence-corrected chi connectivity index (χ2v) is 8.64. The minimum atomic E-state index is -3.87. The van der Waals surface area contributed by atoms with Crippen molar-refractivity contribution in [2.45, 2.75) is 30.0 Å². The molecule has 0 aliphatic carbocycles. The summed E-state index contributed by atoms with van der Waals surface area (Å²) in [6, 6.07) is 16.0. The van der Waals surface area contributed by atoms with Gasteiger partial charge in [-0.05, 0) is 55.5 Å². The number of sulfone groups is 1. The Bertz CT molecular complexity index is 1180. The van der Waals surface area contributed by atoms with E-state index in [2.05, 4.69) is 0 Å². The van der Waals surface area contributed by atoms with Gasteiger partial charge in [-0.25, -0.2) is 8.42 Å². The molecule has 0 atom stereocenters. The summed E-state index contributed by atoms with van der Waals surface area (Å²) in [5, 5.41) is -0.286. The van der Waals surface area contributed by atoms with Gasteiger partial charge in [0.15, 0.2) is 5.76 Å². The SMILES string of the molecule is Cc1ccc(S(=O)(=O)c2ccc(C(=O)N(Cc3ccco3)Cc3ccco3)o2)cc1. The zero-order valence-corrected chi connectivity index (χ0v) is 17.0. The number of rotatable bonds is 7. The first-order chi connectivity index (χ1) is 14.4. The highest BCUT2D eigenvalue weighted by Gasteiger charge is 2.26. The number of benzene rings is 1. The summed E-state index contributed by atoms with van der Waals surface area (Å²) in [6.07, 6.45) is 3.04. The molecule has 0 aliphatic heterocycles. The third-order valence-electron chi connectivity index (χ3n) is 4.53. The van der Waals surface area contributed by atoms with Crippen LogP contribution in [0.5, 0.6) is 0 Å². The van der Waals surface area contributed by atoms with Gasteiger partial charge in [0, 0.05) is 0 Å². The van der Waals surface area contributed by atoms with Gasteiger partial charge in [0.1, 0.15) is 11.5 Å². The van der Waals surface area contributed by atoms with Crippen molar-refractivity contribution in [1.82, 2.24) is 4.90 Å². The van der Waals surface area contributed by atoms with Gasteiger partial charge in [0.05, 0.1) is 30.5 Å². The van der Waals surface area contributed by atoms with Crippen molar-refractivity contribution in [2.24, 2.45) is 0 Å². The summed E-state index contributed by atoms with van der Waals surface area (Å²) in [5.74, 6) is 0.592. The van der Waals surface area contributed by atoms with E-state index in [0.29, 0.717) is 11.5 Å². The largest absolute Gasteiger partial charge is 0.467 e. The van der Waals surface area contributed by atoms with Crippen LogP contribution in [-0.2, 0) is 22.9 Å². The van der Waals surface area contributed by atoms with Crippen LogP contribution in [-0.4, -0.2) is 19.2 Å². The molecule has 4 aromatic rings. The summed E-state index contributed by atoms with van der Waals surface area (Å²) < 4.78 is 41.8. The number of carbonyl (C=O) groups excluding carboxylic acids is 1. The van der Waals surface area contributed by atoms with Gasteiger partial charge in [-0.2, -0.15) is 0 Å². The molecule has 1 amide bonds. The highest BCUT2D eigenvalue weighted by molar-refractivity contribution is 7.91. The lowest BCUT2D eigenvalue weighted by Crippen LogP contribution is -2.29. The smallest absolute Gasteiger partial charge is 0.290 e. The number of furan rings is 3. The van der Waals surface area contributed by atoms with Gasteiger partial charge >= 0.3 is 0 Å². The fourth-order valence-corrected chi connectivity index (χ4v) is 4.12. The molecule has 0 N–H and O–H groups in total. The zero-order valence-electron chi connectivity index (χ0n) is 16.1. The lowest BCUT2D eigenvalue weighted by atomic mass is 10.2. The summed E-state index contributed by atoms with van der Waals surface area (Å²) in [4.78, 5) is 14.6. The van der Waals surface area contributed by atoms with E-state index in [-0.39, 0.29) is 28.8 Å². The van der Waals surface area contributed by atoms with Crippen molar-refractivity contribution in [1.29, 1.82) is 0 Å². The first-order valence-corrected chi connectivity index (χ1v) is 10.7. The summed E-state index contributed by atoms with van der Waals surface area (Å²) >= 11 is 0. The van der Waals surface area contributed by atoms with E-state index in [1.165, 1.54) is 41.7 Å². The second-order valence-electron chi connectivity index (χ2n) is 6.76. The second kappa shape index (κ2) is 8.08. The van der Waals surface area contributed by atoms with Gasteiger partial charge in [-0.3, -0.25) is 4.79 Å². The van der Waals surface area contributed by atoms with E-state index in [0.717, 1.165) is 5.56 Å². The van der Waals surface area contributed by atoms with Crippen LogP contribution in [0.4, 0.5) is 0 Å². The molecule has 0 spiro atoms.